The molecule has 17 heavy (non-hydrogen) atoms. The molecule has 6 heteroatoms. The summed E-state index contributed by atoms with van der Waals surface area (Å²) in [6.45, 7) is 3.60. The van der Waals surface area contributed by atoms with Gasteiger partial charge in [0.25, 0.3) is 0 Å². The summed E-state index contributed by atoms with van der Waals surface area (Å²) in [5.74, 6) is 0.407. The van der Waals surface area contributed by atoms with Gasteiger partial charge in [-0.05, 0) is 18.8 Å². The van der Waals surface area contributed by atoms with Crippen LogP contribution in [0, 0.1) is 11.8 Å². The summed E-state index contributed by atoms with van der Waals surface area (Å²) >= 11 is 3.60. The maximum absolute atomic E-state index is 12.2. The third-order valence-electron chi connectivity index (χ3n) is 3.69. The number of rotatable bonds is 1. The van der Waals surface area contributed by atoms with Gasteiger partial charge in [0.1, 0.15) is 0 Å². The first-order valence-corrected chi connectivity index (χ1v) is 8.76. The van der Waals surface area contributed by atoms with Crippen molar-refractivity contribution < 1.29 is 13.2 Å². The van der Waals surface area contributed by atoms with Crippen LogP contribution in [0.25, 0.3) is 0 Å². The highest BCUT2D eigenvalue weighted by molar-refractivity contribution is 9.09. The van der Waals surface area contributed by atoms with E-state index in [4.69, 9.17) is 0 Å². The Balaban J connectivity index is 1.97. The maximum Gasteiger partial charge on any atom is 0.226 e. The molecule has 3 atom stereocenters. The first-order valence-electron chi connectivity index (χ1n) is 6.02. The molecule has 0 radical (unpaired) electrons. The van der Waals surface area contributed by atoms with Gasteiger partial charge in [0.2, 0.25) is 5.91 Å². The van der Waals surface area contributed by atoms with Crippen LogP contribution in [-0.4, -0.2) is 48.6 Å². The number of likely N-dealkylation sites (tertiary alicyclic amines) is 1. The number of piperidine rings is 1. The van der Waals surface area contributed by atoms with Crippen LogP contribution < -0.4 is 0 Å². The summed E-state index contributed by atoms with van der Waals surface area (Å²) in [6, 6.07) is 0. The van der Waals surface area contributed by atoms with Crippen LogP contribution in [0.5, 0.6) is 0 Å². The van der Waals surface area contributed by atoms with Crippen LogP contribution in [0.1, 0.15) is 19.8 Å². The van der Waals surface area contributed by atoms with Crippen molar-refractivity contribution in [3.63, 3.8) is 0 Å². The fraction of sp³-hybridized carbons (Fsp3) is 0.909. The minimum Gasteiger partial charge on any atom is -0.342 e. The Kier molecular flexibility index (Phi) is 3.83. The molecule has 0 aromatic heterocycles. The van der Waals surface area contributed by atoms with E-state index in [0.29, 0.717) is 17.2 Å². The van der Waals surface area contributed by atoms with Crippen LogP contribution in [-0.2, 0) is 14.6 Å². The Hall–Kier alpha value is -0.100. The number of alkyl halides is 1. The van der Waals surface area contributed by atoms with E-state index >= 15 is 0 Å². The summed E-state index contributed by atoms with van der Waals surface area (Å²) in [7, 11) is -2.96. The Morgan fingerprint density at radius 3 is 2.59 bits per heavy atom. The molecule has 0 bridgehead atoms. The van der Waals surface area contributed by atoms with Crippen molar-refractivity contribution in [1.29, 1.82) is 0 Å². The molecule has 0 saturated carbocycles. The zero-order valence-corrected chi connectivity index (χ0v) is 12.3. The fourth-order valence-electron chi connectivity index (χ4n) is 2.57. The van der Waals surface area contributed by atoms with Crippen LogP contribution >= 0.6 is 15.9 Å². The van der Waals surface area contributed by atoms with Crippen molar-refractivity contribution in [3.05, 3.63) is 0 Å². The van der Waals surface area contributed by atoms with Gasteiger partial charge >= 0.3 is 0 Å². The van der Waals surface area contributed by atoms with Crippen LogP contribution in [0.3, 0.4) is 0 Å². The monoisotopic (exact) mass is 323 g/mol. The van der Waals surface area contributed by atoms with Crippen molar-refractivity contribution in [2.24, 2.45) is 11.8 Å². The van der Waals surface area contributed by atoms with Gasteiger partial charge in [-0.25, -0.2) is 8.42 Å². The van der Waals surface area contributed by atoms with Gasteiger partial charge in [-0.15, -0.1) is 0 Å². The van der Waals surface area contributed by atoms with E-state index in [0.717, 1.165) is 19.5 Å². The van der Waals surface area contributed by atoms with Crippen molar-refractivity contribution in [1.82, 2.24) is 4.90 Å². The van der Waals surface area contributed by atoms with E-state index in [-0.39, 0.29) is 23.3 Å². The van der Waals surface area contributed by atoms with Gasteiger partial charge in [0, 0.05) is 17.9 Å². The second-order valence-electron chi connectivity index (χ2n) is 5.17. The minimum atomic E-state index is -2.96. The molecule has 3 unspecified atom stereocenters. The van der Waals surface area contributed by atoms with Gasteiger partial charge in [0.15, 0.2) is 9.84 Å². The third-order valence-corrected chi connectivity index (χ3v) is 6.82. The molecular formula is C11H18BrNO3S. The highest BCUT2D eigenvalue weighted by Gasteiger charge is 2.37. The standard InChI is InChI=1S/C11H18BrNO3S/c1-8-6-13(4-2-10(8)12)11(14)9-3-5-17(15,16)7-9/h8-10H,2-7H2,1H3. The van der Waals surface area contributed by atoms with Crippen molar-refractivity contribution in [2.45, 2.75) is 24.6 Å². The molecule has 0 N–H and O–H groups in total. The lowest BCUT2D eigenvalue weighted by molar-refractivity contribution is -0.136. The Morgan fingerprint density at radius 1 is 1.35 bits per heavy atom. The molecule has 0 aromatic rings. The molecule has 2 aliphatic heterocycles. The number of carbonyl (C=O) groups excluding carboxylic acids is 1. The van der Waals surface area contributed by atoms with Crippen LogP contribution in [0.15, 0.2) is 0 Å². The Bertz CT molecular complexity index is 409. The minimum absolute atomic E-state index is 0.0392. The van der Waals surface area contributed by atoms with E-state index in [9.17, 15) is 13.2 Å². The molecule has 2 rings (SSSR count). The number of amides is 1. The molecule has 1 amide bonds. The van der Waals surface area contributed by atoms with Crippen molar-refractivity contribution in [3.8, 4) is 0 Å². The average Bonchev–Trinajstić information content (AvgIpc) is 2.62. The molecule has 0 aliphatic carbocycles. The lowest BCUT2D eigenvalue weighted by Crippen LogP contribution is -2.46. The highest BCUT2D eigenvalue weighted by atomic mass is 79.9. The number of hydrogen-bond acceptors (Lipinski definition) is 3. The lowest BCUT2D eigenvalue weighted by Gasteiger charge is -2.35. The SMILES string of the molecule is CC1CN(C(=O)C2CCS(=O)(=O)C2)CCC1Br. The summed E-state index contributed by atoms with van der Waals surface area (Å²) < 4.78 is 22.7. The number of carbonyl (C=O) groups is 1. The van der Waals surface area contributed by atoms with Gasteiger partial charge < -0.3 is 4.90 Å². The van der Waals surface area contributed by atoms with Gasteiger partial charge in [-0.2, -0.15) is 0 Å². The number of nitrogens with zero attached hydrogens (tertiary/aromatic N) is 1. The molecule has 2 aliphatic rings. The van der Waals surface area contributed by atoms with E-state index < -0.39 is 9.84 Å². The highest BCUT2D eigenvalue weighted by Crippen LogP contribution is 2.27. The maximum atomic E-state index is 12.2. The second kappa shape index (κ2) is 4.88. The molecule has 0 aromatic carbocycles. The van der Waals surface area contributed by atoms with E-state index in [1.165, 1.54) is 0 Å². The molecule has 2 fully saturated rings. The second-order valence-corrected chi connectivity index (χ2v) is 8.57. The summed E-state index contributed by atoms with van der Waals surface area (Å²) in [5.41, 5.74) is 0. The molecule has 4 nitrogen and oxygen atoms in total. The average molecular weight is 324 g/mol. The molecular weight excluding hydrogens is 306 g/mol. The summed E-state index contributed by atoms with van der Waals surface area (Å²) in [6.07, 6.45) is 1.45. The topological polar surface area (TPSA) is 54.5 Å². The predicted molar refractivity (Wildman–Crippen MR) is 69.8 cm³/mol. The van der Waals surface area contributed by atoms with E-state index in [1.807, 2.05) is 4.90 Å². The molecule has 2 heterocycles. The first kappa shape index (κ1) is 13.3. The lowest BCUT2D eigenvalue weighted by atomic mass is 9.98. The quantitative estimate of drug-likeness (QED) is 0.678. The third kappa shape index (κ3) is 3.02. The van der Waals surface area contributed by atoms with E-state index in [1.54, 1.807) is 0 Å². The predicted octanol–water partition coefficient (Wildman–Crippen LogP) is 1.05. The Labute approximate surface area is 111 Å². The number of halogens is 1. The van der Waals surface area contributed by atoms with Gasteiger partial charge in [0.05, 0.1) is 17.4 Å². The zero-order valence-electron chi connectivity index (χ0n) is 9.93. The fourth-order valence-corrected chi connectivity index (χ4v) is 4.67. The summed E-state index contributed by atoms with van der Waals surface area (Å²) in [4.78, 5) is 14.5. The zero-order chi connectivity index (χ0) is 12.6. The van der Waals surface area contributed by atoms with Crippen LogP contribution in [0.2, 0.25) is 0 Å². The van der Waals surface area contributed by atoms with Gasteiger partial charge in [-0.3, -0.25) is 4.79 Å². The number of hydrogen-bond donors (Lipinski definition) is 0. The summed E-state index contributed by atoms with van der Waals surface area (Å²) in [5, 5.41) is 0. The Morgan fingerprint density at radius 2 is 2.06 bits per heavy atom. The number of sulfone groups is 1. The molecule has 2 saturated heterocycles. The first-order chi connectivity index (χ1) is 7.89. The molecule has 0 spiro atoms. The smallest absolute Gasteiger partial charge is 0.226 e. The largest absolute Gasteiger partial charge is 0.342 e. The normalized spacial score (nSPS) is 37.1. The van der Waals surface area contributed by atoms with Crippen molar-refractivity contribution in [2.75, 3.05) is 24.6 Å². The van der Waals surface area contributed by atoms with Crippen molar-refractivity contribution >= 4 is 31.7 Å². The van der Waals surface area contributed by atoms with Gasteiger partial charge in [-0.1, -0.05) is 22.9 Å². The molecule has 98 valence electrons. The van der Waals surface area contributed by atoms with Crippen LogP contribution in [0.4, 0.5) is 0 Å². The van der Waals surface area contributed by atoms with E-state index in [2.05, 4.69) is 22.9 Å².